The van der Waals surface area contributed by atoms with Crippen molar-refractivity contribution >= 4 is 50.9 Å². The molecule has 1 fully saturated rings. The number of aromatic nitrogens is 1. The summed E-state index contributed by atoms with van der Waals surface area (Å²) in [5, 5.41) is 7.53. The highest BCUT2D eigenvalue weighted by atomic mass is 127. The molecule has 1 aliphatic heterocycles. The summed E-state index contributed by atoms with van der Waals surface area (Å²) in [5.41, 5.74) is 1.23. The third-order valence-corrected chi connectivity index (χ3v) is 6.67. The fourth-order valence-corrected chi connectivity index (χ4v) is 4.63. The van der Waals surface area contributed by atoms with E-state index >= 15 is 0 Å². The van der Waals surface area contributed by atoms with Crippen molar-refractivity contribution < 1.29 is 13.2 Å². The predicted molar refractivity (Wildman–Crippen MR) is 141 cm³/mol. The molecule has 0 radical (unpaired) electrons. The van der Waals surface area contributed by atoms with Crippen LogP contribution in [0, 0.1) is 0 Å². The van der Waals surface area contributed by atoms with Gasteiger partial charge in [-0.1, -0.05) is 18.2 Å². The molecule has 0 bridgehead atoms. The van der Waals surface area contributed by atoms with Crippen molar-refractivity contribution in [2.45, 2.75) is 45.3 Å². The lowest BCUT2D eigenvalue weighted by atomic mass is 10.1. The molecule has 32 heavy (non-hydrogen) atoms. The van der Waals surface area contributed by atoms with Crippen LogP contribution in [0.2, 0.25) is 0 Å². The lowest BCUT2D eigenvalue weighted by Crippen LogP contribution is -2.42. The Bertz CT molecular complexity index is 942. The number of nitrogens with zero attached hydrogens (tertiary/aromatic N) is 2. The molecule has 3 N–H and O–H groups in total. The van der Waals surface area contributed by atoms with Gasteiger partial charge in [0.2, 0.25) is 10.0 Å². The molecule has 0 amide bonds. The summed E-state index contributed by atoms with van der Waals surface area (Å²) in [6, 6.07) is 10.5. The van der Waals surface area contributed by atoms with Crippen molar-refractivity contribution in [3.63, 3.8) is 0 Å². The number of guanidine groups is 1. The molecule has 2 heterocycles. The number of fused-ring (bicyclic) bond motifs is 1. The normalized spacial score (nSPS) is 17.2. The van der Waals surface area contributed by atoms with Gasteiger partial charge in [-0.3, -0.25) is 4.99 Å². The molecule has 1 saturated heterocycles. The van der Waals surface area contributed by atoms with Crippen molar-refractivity contribution in [3.05, 3.63) is 36.5 Å². The van der Waals surface area contributed by atoms with Gasteiger partial charge >= 0.3 is 0 Å². The molecule has 1 aliphatic rings. The Morgan fingerprint density at radius 2 is 2.06 bits per heavy atom. The molecule has 0 spiro atoms. The quantitative estimate of drug-likeness (QED) is 0.165. The minimum absolute atomic E-state index is 0. The first-order chi connectivity index (χ1) is 15.1. The Hall–Kier alpha value is -1.37. The number of ether oxygens (including phenoxy) is 1. The molecule has 10 heteroatoms. The van der Waals surface area contributed by atoms with Gasteiger partial charge in [-0.15, -0.1) is 24.0 Å². The van der Waals surface area contributed by atoms with Gasteiger partial charge in [-0.25, -0.2) is 13.1 Å². The number of hydrogen-bond acceptors (Lipinski definition) is 4. The summed E-state index contributed by atoms with van der Waals surface area (Å²) in [6.07, 6.45) is 6.06. The van der Waals surface area contributed by atoms with E-state index in [1.165, 1.54) is 10.9 Å². The van der Waals surface area contributed by atoms with Crippen LogP contribution in [0.1, 0.15) is 32.6 Å². The van der Waals surface area contributed by atoms with E-state index in [2.05, 4.69) is 55.4 Å². The number of halogens is 1. The van der Waals surface area contributed by atoms with Crippen LogP contribution in [0.25, 0.3) is 10.9 Å². The Balaban J connectivity index is 0.00000363. The zero-order valence-electron chi connectivity index (χ0n) is 18.8. The van der Waals surface area contributed by atoms with Crippen LogP contribution < -0.4 is 15.4 Å². The zero-order valence-corrected chi connectivity index (χ0v) is 21.9. The SMILES string of the molecule is CCNC(=NCCCn1ccc2ccccc21)NCCS(=O)(=O)NCC1CCCCO1.I. The third-order valence-electron chi connectivity index (χ3n) is 5.32. The summed E-state index contributed by atoms with van der Waals surface area (Å²) < 4.78 is 35.0. The second-order valence-electron chi connectivity index (χ2n) is 7.76. The van der Waals surface area contributed by atoms with Gasteiger partial charge in [0.1, 0.15) is 0 Å². The van der Waals surface area contributed by atoms with Crippen LogP contribution in [0.4, 0.5) is 0 Å². The fourth-order valence-electron chi connectivity index (χ4n) is 3.67. The largest absolute Gasteiger partial charge is 0.377 e. The summed E-state index contributed by atoms with van der Waals surface area (Å²) in [6.45, 7) is 5.63. The standard InChI is InChI=1S/C22H35N5O3S.HI/c1-2-23-22(24-12-7-14-27-15-11-19-8-3-4-10-21(19)27)25-13-17-31(28,29)26-18-20-9-5-6-16-30-20;/h3-4,8,10-11,15,20,26H,2,5-7,9,12-14,16-18H2,1H3,(H2,23,24,25);1H. The molecule has 1 aromatic carbocycles. The van der Waals surface area contributed by atoms with Crippen LogP contribution >= 0.6 is 24.0 Å². The lowest BCUT2D eigenvalue weighted by molar-refractivity contribution is 0.0200. The Morgan fingerprint density at radius 1 is 1.22 bits per heavy atom. The first kappa shape index (κ1) is 26.9. The number of para-hydroxylation sites is 1. The third kappa shape index (κ3) is 8.87. The van der Waals surface area contributed by atoms with Crippen molar-refractivity contribution in [2.75, 3.05) is 38.5 Å². The Labute approximate surface area is 208 Å². The Morgan fingerprint density at radius 3 is 2.84 bits per heavy atom. The number of hydrogen-bond donors (Lipinski definition) is 3. The van der Waals surface area contributed by atoms with Crippen LogP contribution in [-0.2, 0) is 21.3 Å². The minimum atomic E-state index is -3.35. The molecule has 3 rings (SSSR count). The van der Waals surface area contributed by atoms with Crippen molar-refractivity contribution in [1.82, 2.24) is 19.9 Å². The number of benzene rings is 1. The molecule has 1 atom stereocenters. The first-order valence-corrected chi connectivity index (χ1v) is 12.9. The minimum Gasteiger partial charge on any atom is -0.377 e. The van der Waals surface area contributed by atoms with Crippen LogP contribution in [0.3, 0.4) is 0 Å². The summed E-state index contributed by atoms with van der Waals surface area (Å²) in [5.74, 6) is 0.644. The van der Waals surface area contributed by atoms with E-state index in [-0.39, 0.29) is 35.8 Å². The fraction of sp³-hybridized carbons (Fsp3) is 0.591. The van der Waals surface area contributed by atoms with Gasteiger partial charge in [0, 0.05) is 51.0 Å². The number of rotatable bonds is 11. The number of nitrogens with one attached hydrogen (secondary N) is 3. The molecule has 2 aromatic rings. The van der Waals surface area contributed by atoms with Gasteiger partial charge in [0.05, 0.1) is 11.9 Å². The summed E-state index contributed by atoms with van der Waals surface area (Å²) in [7, 11) is -3.35. The predicted octanol–water partition coefficient (Wildman–Crippen LogP) is 2.69. The maximum absolute atomic E-state index is 12.2. The number of sulfonamides is 1. The molecule has 1 aromatic heterocycles. The van der Waals surface area contributed by atoms with Crippen LogP contribution in [0.15, 0.2) is 41.5 Å². The van der Waals surface area contributed by atoms with Gasteiger partial charge in [-0.05, 0) is 50.1 Å². The maximum Gasteiger partial charge on any atom is 0.213 e. The first-order valence-electron chi connectivity index (χ1n) is 11.2. The average molecular weight is 578 g/mol. The van der Waals surface area contributed by atoms with Gasteiger partial charge in [0.15, 0.2) is 5.96 Å². The second-order valence-corrected chi connectivity index (χ2v) is 9.69. The van der Waals surface area contributed by atoms with E-state index < -0.39 is 10.0 Å². The molecular weight excluding hydrogens is 541 g/mol. The van der Waals surface area contributed by atoms with Crippen LogP contribution in [0.5, 0.6) is 0 Å². The van der Waals surface area contributed by atoms with Gasteiger partial charge in [0.25, 0.3) is 0 Å². The molecule has 0 aliphatic carbocycles. The highest BCUT2D eigenvalue weighted by molar-refractivity contribution is 14.0. The van der Waals surface area contributed by atoms with E-state index in [9.17, 15) is 8.42 Å². The molecule has 1 unspecified atom stereocenters. The average Bonchev–Trinajstić information content (AvgIpc) is 3.19. The highest BCUT2D eigenvalue weighted by Gasteiger charge is 2.17. The molecule has 8 nitrogen and oxygen atoms in total. The monoisotopic (exact) mass is 577 g/mol. The molecular formula is C22H36IN5O3S. The molecule has 180 valence electrons. The van der Waals surface area contributed by atoms with E-state index in [4.69, 9.17) is 4.74 Å². The van der Waals surface area contributed by atoms with E-state index in [1.54, 1.807) is 0 Å². The number of aliphatic imine (C=N–C) groups is 1. The summed E-state index contributed by atoms with van der Waals surface area (Å²) in [4.78, 5) is 4.58. The van der Waals surface area contributed by atoms with Crippen LogP contribution in [-0.4, -0.2) is 63.6 Å². The van der Waals surface area contributed by atoms with Crippen molar-refractivity contribution in [2.24, 2.45) is 4.99 Å². The van der Waals surface area contributed by atoms with Crippen molar-refractivity contribution in [1.29, 1.82) is 0 Å². The summed E-state index contributed by atoms with van der Waals surface area (Å²) >= 11 is 0. The molecule has 0 saturated carbocycles. The van der Waals surface area contributed by atoms with Gasteiger partial charge < -0.3 is 19.9 Å². The second kappa shape index (κ2) is 14.0. The highest BCUT2D eigenvalue weighted by Crippen LogP contribution is 2.15. The van der Waals surface area contributed by atoms with Crippen molar-refractivity contribution in [3.8, 4) is 0 Å². The van der Waals surface area contributed by atoms with Gasteiger partial charge in [-0.2, -0.15) is 0 Å². The van der Waals surface area contributed by atoms with E-state index in [1.807, 2.05) is 13.0 Å². The smallest absolute Gasteiger partial charge is 0.213 e. The van der Waals surface area contributed by atoms with E-state index in [0.717, 1.165) is 45.4 Å². The zero-order chi connectivity index (χ0) is 21.9. The maximum atomic E-state index is 12.2. The lowest BCUT2D eigenvalue weighted by Gasteiger charge is -2.22. The van der Waals surface area contributed by atoms with E-state index in [0.29, 0.717) is 25.6 Å². The Kier molecular flexibility index (Phi) is 11.8. The number of aryl methyl sites for hydroxylation is 1. The topological polar surface area (TPSA) is 96.8 Å².